The monoisotopic (exact) mass is 524 g/mol. The van der Waals surface area contributed by atoms with E-state index in [0.29, 0.717) is 26.1 Å². The van der Waals surface area contributed by atoms with E-state index in [0.717, 1.165) is 16.7 Å². The number of carbonyl (C=O) groups excluding carboxylic acids is 1. The molecule has 196 valence electrons. The van der Waals surface area contributed by atoms with Crippen molar-refractivity contribution in [3.8, 4) is 5.75 Å². The second-order valence-corrected chi connectivity index (χ2v) is 10.7. The molecule has 0 aromatic heterocycles. The first-order valence-corrected chi connectivity index (χ1v) is 13.8. The van der Waals surface area contributed by atoms with Crippen molar-refractivity contribution in [2.45, 2.75) is 24.5 Å². The molecule has 3 aromatic rings. The number of β-amino-alcohol motifs (C(OH)–C–C–N with tert-alkyl or cyclic N) is 1. The Bertz CT molecular complexity index is 1250. The number of aliphatic hydroxyl groups is 1. The highest BCUT2D eigenvalue weighted by molar-refractivity contribution is 7.85. The van der Waals surface area contributed by atoms with Crippen molar-refractivity contribution < 1.29 is 27.6 Å². The molecule has 1 heterocycles. The highest BCUT2D eigenvalue weighted by Crippen LogP contribution is 2.32. The molecule has 0 spiro atoms. The summed E-state index contributed by atoms with van der Waals surface area (Å²) in [5.74, 6) is -1.20. The Kier molecular flexibility index (Phi) is 8.60. The summed E-state index contributed by atoms with van der Waals surface area (Å²) in [6, 6.07) is 25.7. The van der Waals surface area contributed by atoms with Crippen LogP contribution in [-0.4, -0.2) is 72.5 Å². The van der Waals surface area contributed by atoms with Gasteiger partial charge < -0.3 is 14.7 Å². The number of likely N-dealkylation sites (tertiary alicyclic amines) is 1. The van der Waals surface area contributed by atoms with Crippen LogP contribution in [0.4, 0.5) is 0 Å². The first-order valence-electron chi connectivity index (χ1n) is 12.2. The first-order chi connectivity index (χ1) is 17.7. The molecule has 4 rings (SSSR count). The first kappa shape index (κ1) is 26.8. The van der Waals surface area contributed by atoms with Crippen molar-refractivity contribution in [1.82, 2.24) is 9.80 Å². The molecule has 8 nitrogen and oxygen atoms in total. The lowest BCUT2D eigenvalue weighted by Crippen LogP contribution is -2.41. The van der Waals surface area contributed by atoms with Crippen LogP contribution in [0, 0.1) is 0 Å². The third-order valence-corrected chi connectivity index (χ3v) is 7.04. The Morgan fingerprint density at radius 1 is 1.00 bits per heavy atom. The molecule has 1 aliphatic heterocycles. The van der Waals surface area contributed by atoms with Crippen LogP contribution in [-0.2, 0) is 14.9 Å². The average Bonchev–Trinajstić information content (AvgIpc) is 3.31. The van der Waals surface area contributed by atoms with Crippen molar-refractivity contribution >= 4 is 16.0 Å². The van der Waals surface area contributed by atoms with E-state index in [1.807, 2.05) is 66.7 Å². The van der Waals surface area contributed by atoms with Crippen LogP contribution in [0.5, 0.6) is 5.75 Å². The van der Waals surface area contributed by atoms with E-state index in [1.165, 1.54) is 0 Å². The van der Waals surface area contributed by atoms with E-state index in [1.54, 1.807) is 30.1 Å². The van der Waals surface area contributed by atoms with Crippen molar-refractivity contribution in [3.05, 3.63) is 102 Å². The molecular formula is C28H32N2O6S. The summed E-state index contributed by atoms with van der Waals surface area (Å²) in [7, 11) is -2.54. The summed E-state index contributed by atoms with van der Waals surface area (Å²) < 4.78 is 36.7. The molecule has 1 amide bonds. The lowest BCUT2D eigenvalue weighted by molar-refractivity contribution is -0.133. The third kappa shape index (κ3) is 7.17. The zero-order valence-corrected chi connectivity index (χ0v) is 21.5. The van der Waals surface area contributed by atoms with Gasteiger partial charge in [0, 0.05) is 26.7 Å². The Morgan fingerprint density at radius 3 is 2.14 bits per heavy atom. The maximum atomic E-state index is 14.2. The number of hydrogen-bond acceptors (Lipinski definition) is 6. The van der Waals surface area contributed by atoms with Gasteiger partial charge in [-0.2, -0.15) is 8.42 Å². The molecule has 1 saturated heterocycles. The van der Waals surface area contributed by atoms with Gasteiger partial charge in [0.05, 0.1) is 18.1 Å². The zero-order valence-electron chi connectivity index (χ0n) is 20.7. The third-order valence-electron chi connectivity index (χ3n) is 6.62. The Balaban J connectivity index is 1.68. The van der Waals surface area contributed by atoms with Crippen LogP contribution >= 0.6 is 0 Å². The van der Waals surface area contributed by atoms with Gasteiger partial charge in [-0.3, -0.25) is 14.2 Å². The predicted molar refractivity (Wildman–Crippen MR) is 141 cm³/mol. The number of likely N-dealkylation sites (N-methyl/N-ethyl adjacent to an activating group) is 1. The van der Waals surface area contributed by atoms with Crippen molar-refractivity contribution in [3.63, 3.8) is 0 Å². The number of nitrogens with zero attached hydrogens (tertiary/aromatic N) is 2. The molecule has 0 radical (unpaired) electrons. The van der Waals surface area contributed by atoms with E-state index in [9.17, 15) is 18.3 Å². The largest absolute Gasteiger partial charge is 0.475 e. The molecule has 3 aromatic carbocycles. The molecule has 9 heteroatoms. The molecule has 2 atom stereocenters. The van der Waals surface area contributed by atoms with Crippen molar-refractivity contribution in [1.29, 1.82) is 0 Å². The van der Waals surface area contributed by atoms with Gasteiger partial charge in [-0.25, -0.2) is 0 Å². The minimum atomic E-state index is -4.31. The summed E-state index contributed by atoms with van der Waals surface area (Å²) in [5, 5.41) is 10.1. The molecule has 2 N–H and O–H groups in total. The second-order valence-electron chi connectivity index (χ2n) is 9.34. The summed E-state index contributed by atoms with van der Waals surface area (Å²) in [5.41, 5.74) is 2.52. The number of ether oxygens (including phenoxy) is 1. The van der Waals surface area contributed by atoms with E-state index >= 15 is 0 Å². The Morgan fingerprint density at radius 2 is 1.59 bits per heavy atom. The van der Waals surface area contributed by atoms with Crippen molar-refractivity contribution in [2.75, 3.05) is 32.6 Å². The number of rotatable bonds is 10. The highest BCUT2D eigenvalue weighted by atomic mass is 32.2. The smallest absolute Gasteiger partial charge is 0.300 e. The fourth-order valence-electron chi connectivity index (χ4n) is 4.75. The lowest BCUT2D eigenvalue weighted by atomic mass is 9.89. The van der Waals surface area contributed by atoms with Crippen LogP contribution in [0.3, 0.4) is 0 Å². The average molecular weight is 525 g/mol. The van der Waals surface area contributed by atoms with Gasteiger partial charge in [-0.15, -0.1) is 0 Å². The van der Waals surface area contributed by atoms with Crippen molar-refractivity contribution in [2.24, 2.45) is 0 Å². The fourth-order valence-corrected chi connectivity index (χ4v) is 5.04. The Hall–Kier alpha value is -3.24. The maximum absolute atomic E-state index is 14.2. The van der Waals surface area contributed by atoms with Crippen LogP contribution in [0.15, 0.2) is 84.9 Å². The van der Waals surface area contributed by atoms with Gasteiger partial charge in [-0.05, 0) is 35.2 Å². The van der Waals surface area contributed by atoms with Gasteiger partial charge in [0.1, 0.15) is 5.75 Å². The summed E-state index contributed by atoms with van der Waals surface area (Å²) >= 11 is 0. The number of benzene rings is 3. The second kappa shape index (κ2) is 11.9. The van der Waals surface area contributed by atoms with E-state index in [2.05, 4.69) is 4.90 Å². The van der Waals surface area contributed by atoms with Gasteiger partial charge in [0.15, 0.2) is 0 Å². The van der Waals surface area contributed by atoms with E-state index < -0.39 is 34.1 Å². The molecule has 1 aliphatic rings. The predicted octanol–water partition coefficient (Wildman–Crippen LogP) is 3.31. The van der Waals surface area contributed by atoms with Gasteiger partial charge in [0.25, 0.3) is 0 Å². The molecule has 0 saturated carbocycles. The summed E-state index contributed by atoms with van der Waals surface area (Å²) in [6.07, 6.45) is 0.255. The molecular weight excluding hydrogens is 492 g/mol. The normalized spacial score (nSPS) is 17.0. The highest BCUT2D eigenvalue weighted by Gasteiger charge is 2.33. The quantitative estimate of drug-likeness (QED) is 0.392. The lowest BCUT2D eigenvalue weighted by Gasteiger charge is -2.34. The number of aliphatic hydroxyl groups excluding tert-OH is 1. The number of amides is 1. The van der Waals surface area contributed by atoms with E-state index in [4.69, 9.17) is 9.29 Å². The number of carbonyl (C=O) groups is 1. The Labute approximate surface area is 217 Å². The molecule has 0 bridgehead atoms. The van der Waals surface area contributed by atoms with Gasteiger partial charge >= 0.3 is 10.1 Å². The molecule has 37 heavy (non-hydrogen) atoms. The topological polar surface area (TPSA) is 107 Å². The number of hydrogen-bond donors (Lipinski definition) is 2. The zero-order chi connectivity index (χ0) is 26.4. The van der Waals surface area contributed by atoms with Gasteiger partial charge in [0.2, 0.25) is 11.8 Å². The van der Waals surface area contributed by atoms with Crippen LogP contribution in [0.1, 0.15) is 35.1 Å². The minimum absolute atomic E-state index is 0.0913. The fraction of sp³-hybridized carbons (Fsp3) is 0.321. The maximum Gasteiger partial charge on any atom is 0.300 e. The standard InChI is InChI=1S/C28H32N2O6S/c1-29(28(32)27(21-9-4-2-5-10-21)22-11-6-3-7-12-22)26(19-30-16-15-24(31)18-30)23-13-8-14-25(17-23)36-20-37(33,34)35/h2-14,17,24,26-27,31H,15-16,18-20H2,1H3,(H,33,34,35). The van der Waals surface area contributed by atoms with E-state index in [-0.39, 0.29) is 11.7 Å². The van der Waals surface area contributed by atoms with Crippen LogP contribution in [0.2, 0.25) is 0 Å². The van der Waals surface area contributed by atoms with Crippen LogP contribution < -0.4 is 4.74 Å². The molecule has 2 unspecified atom stereocenters. The summed E-state index contributed by atoms with van der Waals surface area (Å²) in [6.45, 7) is 1.70. The summed E-state index contributed by atoms with van der Waals surface area (Å²) in [4.78, 5) is 18.0. The molecule has 1 fully saturated rings. The molecule has 0 aliphatic carbocycles. The minimum Gasteiger partial charge on any atom is -0.475 e. The SMILES string of the molecule is CN(C(=O)C(c1ccccc1)c1ccccc1)C(CN1CCC(O)C1)c1cccc(OCS(=O)(=O)O)c1. The van der Waals surface area contributed by atoms with Gasteiger partial charge in [-0.1, -0.05) is 72.8 Å². The van der Waals surface area contributed by atoms with Crippen LogP contribution in [0.25, 0.3) is 0 Å².